The number of amides is 1. The summed E-state index contributed by atoms with van der Waals surface area (Å²) in [5.74, 6) is 1.25. The van der Waals surface area contributed by atoms with Crippen molar-refractivity contribution in [2.45, 2.75) is 6.54 Å². The molecule has 43 heavy (non-hydrogen) atoms. The second-order valence-corrected chi connectivity index (χ2v) is 8.83. The van der Waals surface area contributed by atoms with Crippen molar-refractivity contribution in [2.75, 3.05) is 39.6 Å². The van der Waals surface area contributed by atoms with Gasteiger partial charge in [-0.3, -0.25) is 19.8 Å². The third kappa shape index (κ3) is 11.6. The van der Waals surface area contributed by atoms with Crippen molar-refractivity contribution in [1.82, 2.24) is 9.80 Å². The molecule has 1 fully saturated rings. The summed E-state index contributed by atoms with van der Waals surface area (Å²) in [5, 5.41) is 27.4. The summed E-state index contributed by atoms with van der Waals surface area (Å²) in [6.45, 7) is 3.66. The maximum Gasteiger partial charge on any atom is 1.00 e. The molecule has 13 nitrogen and oxygen atoms in total. The number of hydrogen-bond acceptors (Lipinski definition) is 11. The molecular formula is C27H24FK2N3O10. The molecule has 16 heteroatoms. The van der Waals surface area contributed by atoms with Crippen molar-refractivity contribution in [1.29, 1.82) is 0 Å². The normalized spacial score (nSPS) is 13.4. The number of carboxylic acid groups (broad SMARTS) is 2. The molecule has 0 atom stereocenters. The minimum Gasteiger partial charge on any atom is -0.652 e. The summed E-state index contributed by atoms with van der Waals surface area (Å²) in [6.07, 6.45) is -2.33. The van der Waals surface area contributed by atoms with E-state index in [9.17, 15) is 19.3 Å². The number of halogens is 1. The minimum atomic E-state index is -2.33. The summed E-state index contributed by atoms with van der Waals surface area (Å²) >= 11 is 0. The monoisotopic (exact) mass is 647 g/mol. The van der Waals surface area contributed by atoms with Gasteiger partial charge in [0, 0.05) is 38.8 Å². The molecule has 0 spiro atoms. The van der Waals surface area contributed by atoms with Gasteiger partial charge in [-0.05, 0) is 54.2 Å². The van der Waals surface area contributed by atoms with E-state index in [-0.39, 0.29) is 134 Å². The number of nitro benzene ring substituents is 1. The fourth-order valence-corrected chi connectivity index (χ4v) is 4.11. The van der Waals surface area contributed by atoms with E-state index < -0.39 is 16.9 Å². The molecule has 2 aliphatic heterocycles. The van der Waals surface area contributed by atoms with Crippen LogP contribution in [-0.2, 0) is 11.3 Å². The van der Waals surface area contributed by atoms with Crippen molar-refractivity contribution in [3.8, 4) is 28.7 Å². The molecule has 1 saturated heterocycles. The predicted octanol–water partition coefficient (Wildman–Crippen LogP) is -4.46. The fraction of sp³-hybridized carbons (Fsp3) is 0.259. The van der Waals surface area contributed by atoms with E-state index in [1.165, 1.54) is 12.1 Å². The van der Waals surface area contributed by atoms with Gasteiger partial charge in [0.15, 0.2) is 29.7 Å². The van der Waals surface area contributed by atoms with Crippen molar-refractivity contribution in [3.63, 3.8) is 0 Å². The number of hydrogen-bond donors (Lipinski definition) is 0. The van der Waals surface area contributed by atoms with Crippen molar-refractivity contribution in [3.05, 3.63) is 82.2 Å². The molecule has 3 aromatic rings. The number of non-ortho nitro benzene ring substituents is 1. The standard InChI is InChI=1S/C26H24FN3O7.CH2O3.2K/c27-22-14-19(30(32)33)2-8-23(22)37-21-5-3-20(4-6-21)34-16-26(31)29-11-9-28(10-12-29)15-18-1-7-24-25(13-18)36-17-35-24;2-1(3)4;;/h1-8,13-14H,9-12,15-17H2;(H2,2,3,4);;/q;;2*+1/p-2. The summed E-state index contributed by atoms with van der Waals surface area (Å²) < 4.78 is 35.9. The van der Waals surface area contributed by atoms with Gasteiger partial charge in [-0.25, -0.2) is 4.39 Å². The SMILES string of the molecule is O=C(COc1ccc(Oc2ccc([N+](=O)[O-])cc2F)cc1)N1CCN(Cc2ccc3c(c2)OCO3)CC1.O=C([O-])[O-].[K+].[K+]. The molecule has 2 aliphatic rings. The van der Waals surface area contributed by atoms with Crippen LogP contribution in [0.2, 0.25) is 0 Å². The van der Waals surface area contributed by atoms with E-state index in [4.69, 9.17) is 34.0 Å². The summed E-state index contributed by atoms with van der Waals surface area (Å²) in [6, 6.07) is 15.4. The average molecular weight is 648 g/mol. The van der Waals surface area contributed by atoms with Gasteiger partial charge in [-0.1, -0.05) is 6.07 Å². The number of nitrogens with zero attached hydrogens (tertiary/aromatic N) is 3. The number of benzene rings is 3. The zero-order chi connectivity index (χ0) is 29.4. The van der Waals surface area contributed by atoms with Crippen LogP contribution >= 0.6 is 0 Å². The smallest absolute Gasteiger partial charge is 0.652 e. The van der Waals surface area contributed by atoms with Gasteiger partial charge in [0.1, 0.15) is 11.5 Å². The van der Waals surface area contributed by atoms with E-state index in [1.807, 2.05) is 18.2 Å². The Labute approximate surface area is 330 Å². The Balaban J connectivity index is 0.00000101. The van der Waals surface area contributed by atoms with Crippen LogP contribution in [0.1, 0.15) is 5.56 Å². The zero-order valence-corrected chi connectivity index (χ0v) is 29.8. The summed E-state index contributed by atoms with van der Waals surface area (Å²) in [7, 11) is 0. The van der Waals surface area contributed by atoms with E-state index in [0.717, 1.165) is 42.8 Å². The third-order valence-corrected chi connectivity index (χ3v) is 6.11. The van der Waals surface area contributed by atoms with E-state index in [1.54, 1.807) is 29.2 Å². The first-order valence-electron chi connectivity index (χ1n) is 12.3. The zero-order valence-electron chi connectivity index (χ0n) is 23.5. The number of piperazine rings is 1. The second kappa shape index (κ2) is 18.2. The number of ether oxygens (including phenoxy) is 4. The first kappa shape index (κ1) is 37.4. The maximum atomic E-state index is 14.0. The van der Waals surface area contributed by atoms with Gasteiger partial charge in [0.25, 0.3) is 11.6 Å². The Hall–Kier alpha value is -1.84. The maximum absolute atomic E-state index is 14.0. The molecule has 0 unspecified atom stereocenters. The first-order chi connectivity index (χ1) is 19.7. The average Bonchev–Trinajstić information content (AvgIpc) is 3.42. The summed E-state index contributed by atoms with van der Waals surface area (Å²) in [5.41, 5.74) is 0.778. The third-order valence-electron chi connectivity index (χ3n) is 6.11. The Morgan fingerprint density at radius 3 is 2.14 bits per heavy atom. The fourth-order valence-electron chi connectivity index (χ4n) is 4.11. The van der Waals surface area contributed by atoms with E-state index in [2.05, 4.69) is 4.90 Å². The largest absolute Gasteiger partial charge is 1.00 e. The van der Waals surface area contributed by atoms with Gasteiger partial charge in [0.2, 0.25) is 6.79 Å². The quantitative estimate of drug-likeness (QED) is 0.131. The topological polar surface area (TPSA) is 167 Å². The Morgan fingerprint density at radius 1 is 0.884 bits per heavy atom. The number of carbonyl (C=O) groups excluding carboxylic acids is 2. The Bertz CT molecular complexity index is 1400. The van der Waals surface area contributed by atoms with E-state index >= 15 is 0 Å². The van der Waals surface area contributed by atoms with Crippen LogP contribution in [0.15, 0.2) is 60.7 Å². The number of carbonyl (C=O) groups is 2. The molecule has 216 valence electrons. The van der Waals surface area contributed by atoms with Crippen LogP contribution in [-0.4, -0.2) is 66.4 Å². The van der Waals surface area contributed by atoms with Gasteiger partial charge in [-0.15, -0.1) is 0 Å². The number of rotatable bonds is 8. The number of fused-ring (bicyclic) bond motifs is 1. The molecule has 2 heterocycles. The van der Waals surface area contributed by atoms with E-state index in [0.29, 0.717) is 24.6 Å². The van der Waals surface area contributed by atoms with Crippen LogP contribution < -0.4 is 132 Å². The summed E-state index contributed by atoms with van der Waals surface area (Å²) in [4.78, 5) is 35.1. The van der Waals surface area contributed by atoms with Crippen molar-refractivity contribution >= 4 is 17.7 Å². The molecular weight excluding hydrogens is 624 g/mol. The molecule has 1 amide bonds. The Morgan fingerprint density at radius 2 is 1.51 bits per heavy atom. The number of nitro groups is 1. The molecule has 5 rings (SSSR count). The molecule has 0 N–H and O–H groups in total. The molecule has 0 aromatic heterocycles. The van der Waals surface area contributed by atoms with Gasteiger partial charge in [-0.2, -0.15) is 0 Å². The van der Waals surface area contributed by atoms with Crippen LogP contribution in [0.3, 0.4) is 0 Å². The molecule has 0 aliphatic carbocycles. The van der Waals surface area contributed by atoms with Gasteiger partial charge >= 0.3 is 103 Å². The molecule has 0 bridgehead atoms. The Kier molecular flexibility index (Phi) is 15.8. The van der Waals surface area contributed by atoms with Crippen molar-refractivity contribution < 1.29 is 151 Å². The van der Waals surface area contributed by atoms with Crippen LogP contribution in [0, 0.1) is 15.9 Å². The second-order valence-electron chi connectivity index (χ2n) is 8.83. The first-order valence-corrected chi connectivity index (χ1v) is 12.3. The van der Waals surface area contributed by atoms with Crippen molar-refractivity contribution in [2.24, 2.45) is 0 Å². The van der Waals surface area contributed by atoms with Gasteiger partial charge < -0.3 is 38.9 Å². The molecule has 0 saturated carbocycles. The minimum absolute atomic E-state index is 0. The van der Waals surface area contributed by atoms with Gasteiger partial charge in [0.05, 0.1) is 11.0 Å². The molecule has 0 radical (unpaired) electrons. The van der Waals surface area contributed by atoms with Crippen LogP contribution in [0.4, 0.5) is 14.9 Å². The van der Waals surface area contributed by atoms with Crippen LogP contribution in [0.25, 0.3) is 0 Å². The molecule has 3 aromatic carbocycles. The predicted molar refractivity (Wildman–Crippen MR) is 135 cm³/mol. The van der Waals surface area contributed by atoms with Crippen LogP contribution in [0.5, 0.6) is 28.7 Å².